The molecule has 0 saturated heterocycles. The fourth-order valence-corrected chi connectivity index (χ4v) is 1.48. The first-order chi connectivity index (χ1) is 7.37. The van der Waals surface area contributed by atoms with Crippen LogP contribution >= 0.6 is 15.9 Å². The topological polar surface area (TPSA) is 29.1 Å². The van der Waals surface area contributed by atoms with Gasteiger partial charge in [-0.15, -0.1) is 0 Å². The van der Waals surface area contributed by atoms with E-state index in [4.69, 9.17) is 0 Å². The Kier molecular flexibility index (Phi) is 4.54. The molecule has 1 rings (SSSR count). The fourth-order valence-electron chi connectivity index (χ4n) is 1.21. The highest BCUT2D eigenvalue weighted by molar-refractivity contribution is 9.10. The van der Waals surface area contributed by atoms with E-state index in [2.05, 4.69) is 42.0 Å². The third kappa shape index (κ3) is 5.31. The van der Waals surface area contributed by atoms with Gasteiger partial charge >= 0.3 is 0 Å². The van der Waals surface area contributed by atoms with Gasteiger partial charge in [0.1, 0.15) is 0 Å². The third-order valence-electron chi connectivity index (χ3n) is 2.09. The second-order valence-electron chi connectivity index (χ2n) is 5.14. The molecule has 1 aromatic carbocycles. The van der Waals surface area contributed by atoms with Crippen LogP contribution in [0.5, 0.6) is 0 Å². The molecule has 0 unspecified atom stereocenters. The quantitative estimate of drug-likeness (QED) is 0.907. The van der Waals surface area contributed by atoms with Crippen molar-refractivity contribution in [2.24, 2.45) is 5.41 Å². The van der Waals surface area contributed by atoms with Crippen LogP contribution in [0.3, 0.4) is 0 Å². The van der Waals surface area contributed by atoms with Crippen LogP contribution in [0.4, 0.5) is 0 Å². The molecule has 0 aliphatic heterocycles. The van der Waals surface area contributed by atoms with Gasteiger partial charge in [0.05, 0.1) is 6.42 Å². The number of hydrogen-bond acceptors (Lipinski definition) is 1. The molecule has 0 atom stereocenters. The Morgan fingerprint density at radius 3 is 2.31 bits per heavy atom. The van der Waals surface area contributed by atoms with Crippen molar-refractivity contribution in [1.29, 1.82) is 0 Å². The molecule has 3 heteroatoms. The zero-order valence-corrected chi connectivity index (χ0v) is 11.6. The zero-order valence-electron chi connectivity index (χ0n) is 10.0. The summed E-state index contributed by atoms with van der Waals surface area (Å²) in [6.07, 6.45) is 0.448. The van der Waals surface area contributed by atoms with Crippen LogP contribution in [0.1, 0.15) is 26.3 Å². The van der Waals surface area contributed by atoms with E-state index in [9.17, 15) is 4.79 Å². The number of halogens is 1. The average molecular weight is 284 g/mol. The molecule has 0 saturated carbocycles. The van der Waals surface area contributed by atoms with Gasteiger partial charge in [-0.2, -0.15) is 0 Å². The summed E-state index contributed by atoms with van der Waals surface area (Å²) < 4.78 is 1.03. The van der Waals surface area contributed by atoms with Crippen molar-refractivity contribution in [3.05, 3.63) is 34.3 Å². The van der Waals surface area contributed by atoms with Gasteiger partial charge in [-0.3, -0.25) is 4.79 Å². The van der Waals surface area contributed by atoms with Crippen molar-refractivity contribution in [1.82, 2.24) is 5.32 Å². The maximum absolute atomic E-state index is 11.6. The van der Waals surface area contributed by atoms with Gasteiger partial charge in [0.2, 0.25) is 5.91 Å². The van der Waals surface area contributed by atoms with Crippen LogP contribution in [-0.4, -0.2) is 12.5 Å². The largest absolute Gasteiger partial charge is 0.355 e. The first-order valence-electron chi connectivity index (χ1n) is 5.38. The van der Waals surface area contributed by atoms with Crippen LogP contribution in [0.2, 0.25) is 0 Å². The minimum absolute atomic E-state index is 0.0808. The van der Waals surface area contributed by atoms with Gasteiger partial charge in [0, 0.05) is 11.0 Å². The van der Waals surface area contributed by atoms with Gasteiger partial charge in [-0.1, -0.05) is 48.8 Å². The lowest BCUT2D eigenvalue weighted by Gasteiger charge is -2.18. The molecule has 16 heavy (non-hydrogen) atoms. The van der Waals surface area contributed by atoms with E-state index in [1.54, 1.807) is 0 Å². The Balaban J connectivity index is 2.43. The second kappa shape index (κ2) is 5.48. The maximum Gasteiger partial charge on any atom is 0.224 e. The molecule has 0 radical (unpaired) electrons. The number of rotatable bonds is 3. The lowest BCUT2D eigenvalue weighted by molar-refractivity contribution is -0.120. The molecular formula is C13H18BrNO. The number of hydrogen-bond donors (Lipinski definition) is 1. The highest BCUT2D eigenvalue weighted by Crippen LogP contribution is 2.12. The van der Waals surface area contributed by atoms with Crippen molar-refractivity contribution in [2.45, 2.75) is 27.2 Å². The van der Waals surface area contributed by atoms with Gasteiger partial charge in [-0.25, -0.2) is 0 Å². The predicted octanol–water partition coefficient (Wildman–Crippen LogP) is 3.15. The first kappa shape index (κ1) is 13.2. The van der Waals surface area contributed by atoms with E-state index >= 15 is 0 Å². The molecule has 0 aromatic heterocycles. The predicted molar refractivity (Wildman–Crippen MR) is 70.3 cm³/mol. The summed E-state index contributed by atoms with van der Waals surface area (Å²) in [6.45, 7) is 7.02. The van der Waals surface area contributed by atoms with Crippen LogP contribution < -0.4 is 5.32 Å². The normalized spacial score (nSPS) is 11.2. The Bertz CT molecular complexity index is 351. The van der Waals surface area contributed by atoms with E-state index in [-0.39, 0.29) is 11.3 Å². The molecule has 0 aliphatic carbocycles. The molecule has 1 aromatic rings. The maximum atomic E-state index is 11.6. The van der Waals surface area contributed by atoms with Crippen LogP contribution in [-0.2, 0) is 11.2 Å². The number of benzene rings is 1. The Labute approximate surface area is 106 Å². The molecule has 0 bridgehead atoms. The van der Waals surface area contributed by atoms with Crippen molar-refractivity contribution in [3.63, 3.8) is 0 Å². The molecule has 0 heterocycles. The number of carbonyl (C=O) groups is 1. The molecule has 88 valence electrons. The van der Waals surface area contributed by atoms with E-state index in [0.717, 1.165) is 10.0 Å². The van der Waals surface area contributed by atoms with E-state index in [1.807, 2.05) is 24.3 Å². The summed E-state index contributed by atoms with van der Waals surface area (Å²) in [7, 11) is 0. The van der Waals surface area contributed by atoms with E-state index in [0.29, 0.717) is 13.0 Å². The van der Waals surface area contributed by atoms with E-state index in [1.165, 1.54) is 0 Å². The molecular weight excluding hydrogens is 266 g/mol. The lowest BCUT2D eigenvalue weighted by Crippen LogP contribution is -2.33. The van der Waals surface area contributed by atoms with Crippen molar-refractivity contribution in [2.75, 3.05) is 6.54 Å². The van der Waals surface area contributed by atoms with Gasteiger partial charge in [0.15, 0.2) is 0 Å². The molecule has 0 spiro atoms. The van der Waals surface area contributed by atoms with Crippen molar-refractivity contribution in [3.8, 4) is 0 Å². The zero-order chi connectivity index (χ0) is 12.2. The first-order valence-corrected chi connectivity index (χ1v) is 6.17. The molecule has 1 amide bonds. The van der Waals surface area contributed by atoms with Crippen LogP contribution in [0.25, 0.3) is 0 Å². The number of nitrogens with one attached hydrogen (secondary N) is 1. The standard InChI is InChI=1S/C13H18BrNO/c1-13(2,3)9-15-12(16)8-10-4-6-11(14)7-5-10/h4-7H,8-9H2,1-3H3,(H,15,16). The van der Waals surface area contributed by atoms with Gasteiger partial charge in [0.25, 0.3) is 0 Å². The fraction of sp³-hybridized carbons (Fsp3) is 0.462. The van der Waals surface area contributed by atoms with Crippen LogP contribution in [0, 0.1) is 5.41 Å². The summed E-state index contributed by atoms with van der Waals surface area (Å²) in [4.78, 5) is 11.6. The molecule has 2 nitrogen and oxygen atoms in total. The monoisotopic (exact) mass is 283 g/mol. The Morgan fingerprint density at radius 1 is 1.25 bits per heavy atom. The summed E-state index contributed by atoms with van der Waals surface area (Å²) in [6, 6.07) is 7.82. The summed E-state index contributed by atoms with van der Waals surface area (Å²) in [5.41, 5.74) is 1.17. The number of carbonyl (C=O) groups excluding carboxylic acids is 1. The third-order valence-corrected chi connectivity index (χ3v) is 2.62. The van der Waals surface area contributed by atoms with Crippen molar-refractivity contribution >= 4 is 21.8 Å². The van der Waals surface area contributed by atoms with Crippen LogP contribution in [0.15, 0.2) is 28.7 Å². The smallest absolute Gasteiger partial charge is 0.224 e. The van der Waals surface area contributed by atoms with Gasteiger partial charge < -0.3 is 5.32 Å². The average Bonchev–Trinajstić information content (AvgIpc) is 2.18. The molecule has 0 fully saturated rings. The minimum Gasteiger partial charge on any atom is -0.355 e. The summed E-state index contributed by atoms with van der Waals surface area (Å²) in [5, 5.41) is 2.94. The SMILES string of the molecule is CC(C)(C)CNC(=O)Cc1ccc(Br)cc1. The lowest BCUT2D eigenvalue weighted by atomic mass is 9.97. The van der Waals surface area contributed by atoms with Crippen molar-refractivity contribution < 1.29 is 4.79 Å². The Hall–Kier alpha value is -0.830. The number of amides is 1. The summed E-state index contributed by atoms with van der Waals surface area (Å²) in [5.74, 6) is 0.0808. The minimum atomic E-state index is 0.0808. The Morgan fingerprint density at radius 2 is 1.81 bits per heavy atom. The molecule has 0 aliphatic rings. The highest BCUT2D eigenvalue weighted by Gasteiger charge is 2.11. The summed E-state index contributed by atoms with van der Waals surface area (Å²) >= 11 is 3.37. The molecule has 1 N–H and O–H groups in total. The highest BCUT2D eigenvalue weighted by atomic mass is 79.9. The second-order valence-corrected chi connectivity index (χ2v) is 6.06. The van der Waals surface area contributed by atoms with E-state index < -0.39 is 0 Å². The van der Waals surface area contributed by atoms with Gasteiger partial charge in [-0.05, 0) is 23.1 Å².